The molecule has 1 N–H and O–H groups in total. The molecular weight excluding hydrogens is 274 g/mol. The topological polar surface area (TPSA) is 57.6 Å². The molecule has 4 nitrogen and oxygen atoms in total. The smallest absolute Gasteiger partial charge is 0.308 e. The number of rotatable bonds is 2. The zero-order valence-corrected chi connectivity index (χ0v) is 11.6. The number of likely N-dealkylation sites (tertiary alicyclic amines) is 1. The Morgan fingerprint density at radius 1 is 1.56 bits per heavy atom. The normalized spacial score (nSPS) is 19.9. The van der Waals surface area contributed by atoms with Crippen molar-refractivity contribution >= 4 is 34.8 Å². The maximum atomic E-state index is 12.3. The molecule has 2 heterocycles. The van der Waals surface area contributed by atoms with Crippen molar-refractivity contribution in [2.24, 2.45) is 5.92 Å². The number of halogens is 1. The average molecular weight is 288 g/mol. The summed E-state index contributed by atoms with van der Waals surface area (Å²) in [6.07, 6.45) is 1.36. The molecule has 98 valence electrons. The minimum Gasteiger partial charge on any atom is -0.481 e. The number of carbonyl (C=O) groups excluding carboxylic acids is 1. The largest absolute Gasteiger partial charge is 0.481 e. The van der Waals surface area contributed by atoms with Gasteiger partial charge in [0.15, 0.2) is 0 Å². The molecule has 1 aliphatic heterocycles. The van der Waals surface area contributed by atoms with Crippen LogP contribution in [0.25, 0.3) is 0 Å². The van der Waals surface area contributed by atoms with Crippen LogP contribution < -0.4 is 0 Å². The number of aliphatic carboxylic acids is 1. The first-order valence-electron chi connectivity index (χ1n) is 5.76. The number of hydrogen-bond donors (Lipinski definition) is 1. The second-order valence-corrected chi connectivity index (χ2v) is 5.75. The maximum absolute atomic E-state index is 12.3. The van der Waals surface area contributed by atoms with Gasteiger partial charge in [-0.2, -0.15) is 0 Å². The Morgan fingerprint density at radius 3 is 2.83 bits per heavy atom. The summed E-state index contributed by atoms with van der Waals surface area (Å²) in [5, 5.41) is 11.3. The van der Waals surface area contributed by atoms with Crippen molar-refractivity contribution in [3.63, 3.8) is 0 Å². The molecule has 18 heavy (non-hydrogen) atoms. The molecule has 1 saturated heterocycles. The van der Waals surface area contributed by atoms with Crippen LogP contribution in [0.5, 0.6) is 0 Å². The fourth-order valence-corrected chi connectivity index (χ4v) is 3.32. The summed E-state index contributed by atoms with van der Waals surface area (Å²) in [5.74, 6) is -1.44. The molecule has 1 aromatic rings. The van der Waals surface area contributed by atoms with E-state index in [-0.39, 0.29) is 12.5 Å². The maximum Gasteiger partial charge on any atom is 0.308 e. The fraction of sp³-hybridized carbons (Fsp3) is 0.500. The molecule has 0 bridgehead atoms. The van der Waals surface area contributed by atoms with Crippen LogP contribution >= 0.6 is 22.9 Å². The molecule has 0 spiro atoms. The summed E-state index contributed by atoms with van der Waals surface area (Å²) in [6.45, 7) is 2.74. The van der Waals surface area contributed by atoms with Gasteiger partial charge in [0, 0.05) is 13.1 Å². The van der Waals surface area contributed by atoms with E-state index in [9.17, 15) is 9.59 Å². The molecule has 0 unspecified atom stereocenters. The molecule has 1 aromatic heterocycles. The minimum absolute atomic E-state index is 0.149. The van der Waals surface area contributed by atoms with Gasteiger partial charge < -0.3 is 10.0 Å². The third-order valence-electron chi connectivity index (χ3n) is 3.15. The fourth-order valence-electron chi connectivity index (χ4n) is 2.08. The highest BCUT2D eigenvalue weighted by atomic mass is 35.5. The predicted octanol–water partition coefficient (Wildman–Crippen LogP) is 2.65. The van der Waals surface area contributed by atoms with E-state index in [1.54, 1.807) is 4.90 Å². The number of carbonyl (C=O) groups is 2. The SMILES string of the molecule is Cc1csc(C(=O)N2CCC[C@@H](C(=O)O)C2)c1Cl. The molecule has 1 amide bonds. The van der Waals surface area contributed by atoms with E-state index >= 15 is 0 Å². The van der Waals surface area contributed by atoms with Crippen LogP contribution in [0.1, 0.15) is 28.1 Å². The quantitative estimate of drug-likeness (QED) is 0.910. The first-order chi connectivity index (χ1) is 8.50. The third kappa shape index (κ3) is 2.52. The number of piperidine rings is 1. The van der Waals surface area contributed by atoms with Crippen molar-refractivity contribution in [2.45, 2.75) is 19.8 Å². The highest BCUT2D eigenvalue weighted by Crippen LogP contribution is 2.29. The summed E-state index contributed by atoms with van der Waals surface area (Å²) >= 11 is 7.39. The monoisotopic (exact) mass is 287 g/mol. The van der Waals surface area contributed by atoms with E-state index in [2.05, 4.69) is 0 Å². The number of hydrogen-bond acceptors (Lipinski definition) is 3. The number of carboxylic acid groups (broad SMARTS) is 1. The van der Waals surface area contributed by atoms with Crippen LogP contribution in [0.4, 0.5) is 0 Å². The minimum atomic E-state index is -0.832. The summed E-state index contributed by atoms with van der Waals surface area (Å²) in [4.78, 5) is 25.3. The lowest BCUT2D eigenvalue weighted by Crippen LogP contribution is -2.42. The molecule has 0 radical (unpaired) electrons. The van der Waals surface area contributed by atoms with Gasteiger partial charge in [0.1, 0.15) is 4.88 Å². The van der Waals surface area contributed by atoms with Gasteiger partial charge >= 0.3 is 5.97 Å². The van der Waals surface area contributed by atoms with Crippen LogP contribution in [0.2, 0.25) is 5.02 Å². The van der Waals surface area contributed by atoms with E-state index in [4.69, 9.17) is 16.7 Å². The van der Waals surface area contributed by atoms with Crippen LogP contribution in [0.3, 0.4) is 0 Å². The van der Waals surface area contributed by atoms with Gasteiger partial charge in [-0.05, 0) is 30.7 Å². The lowest BCUT2D eigenvalue weighted by Gasteiger charge is -2.30. The Hall–Kier alpha value is -1.07. The van der Waals surface area contributed by atoms with Gasteiger partial charge in [-0.3, -0.25) is 9.59 Å². The van der Waals surface area contributed by atoms with Crippen LogP contribution in [0.15, 0.2) is 5.38 Å². The molecule has 0 saturated carbocycles. The van der Waals surface area contributed by atoms with Crippen LogP contribution in [-0.4, -0.2) is 35.0 Å². The van der Waals surface area contributed by atoms with Gasteiger partial charge in [0.05, 0.1) is 10.9 Å². The first kappa shape index (κ1) is 13.4. The third-order valence-corrected chi connectivity index (χ3v) is 4.84. The molecular formula is C12H14ClNO3S. The molecule has 0 aliphatic carbocycles. The van der Waals surface area contributed by atoms with Crippen LogP contribution in [0, 0.1) is 12.8 Å². The molecule has 1 fully saturated rings. The van der Waals surface area contributed by atoms with E-state index in [0.29, 0.717) is 22.9 Å². The lowest BCUT2D eigenvalue weighted by atomic mass is 9.98. The van der Waals surface area contributed by atoms with Crippen molar-refractivity contribution in [1.82, 2.24) is 4.90 Å². The summed E-state index contributed by atoms with van der Waals surface area (Å²) in [6, 6.07) is 0. The van der Waals surface area contributed by atoms with Crippen molar-refractivity contribution in [1.29, 1.82) is 0 Å². The standard InChI is InChI=1S/C12H14ClNO3S/c1-7-6-18-10(9(7)13)11(15)14-4-2-3-8(5-14)12(16)17/h6,8H,2-5H2,1H3,(H,16,17)/t8-/m1/s1. The van der Waals surface area contributed by atoms with Crippen molar-refractivity contribution in [2.75, 3.05) is 13.1 Å². The second-order valence-electron chi connectivity index (χ2n) is 4.49. The summed E-state index contributed by atoms with van der Waals surface area (Å²) in [5.41, 5.74) is 0.886. The van der Waals surface area contributed by atoms with Crippen LogP contribution in [-0.2, 0) is 4.79 Å². The van der Waals surface area contributed by atoms with Gasteiger partial charge in [-0.1, -0.05) is 11.6 Å². The number of nitrogens with zero attached hydrogens (tertiary/aromatic N) is 1. The van der Waals surface area contributed by atoms with E-state index in [1.807, 2.05) is 12.3 Å². The first-order valence-corrected chi connectivity index (χ1v) is 7.02. The molecule has 1 aliphatic rings. The number of amides is 1. The Balaban J connectivity index is 2.14. The van der Waals surface area contributed by atoms with Gasteiger partial charge in [-0.15, -0.1) is 11.3 Å². The van der Waals surface area contributed by atoms with Gasteiger partial charge in [0.25, 0.3) is 5.91 Å². The molecule has 2 rings (SSSR count). The Morgan fingerprint density at radius 2 is 2.28 bits per heavy atom. The van der Waals surface area contributed by atoms with Gasteiger partial charge in [-0.25, -0.2) is 0 Å². The number of carboxylic acids is 1. The van der Waals surface area contributed by atoms with E-state index in [1.165, 1.54) is 11.3 Å². The lowest BCUT2D eigenvalue weighted by molar-refractivity contribution is -0.143. The number of thiophene rings is 1. The average Bonchev–Trinajstić information content (AvgIpc) is 2.69. The Kier molecular flexibility index (Phi) is 3.92. The molecule has 0 aromatic carbocycles. The number of aryl methyl sites for hydroxylation is 1. The van der Waals surface area contributed by atoms with Crippen molar-refractivity contribution in [3.8, 4) is 0 Å². The zero-order chi connectivity index (χ0) is 13.3. The molecule has 1 atom stereocenters. The second kappa shape index (κ2) is 5.28. The van der Waals surface area contributed by atoms with E-state index < -0.39 is 11.9 Å². The Labute approximate surface area is 114 Å². The summed E-state index contributed by atoms with van der Waals surface area (Å²) in [7, 11) is 0. The van der Waals surface area contributed by atoms with Gasteiger partial charge in [0.2, 0.25) is 0 Å². The summed E-state index contributed by atoms with van der Waals surface area (Å²) < 4.78 is 0. The molecule has 6 heteroatoms. The zero-order valence-electron chi connectivity index (χ0n) is 9.98. The van der Waals surface area contributed by atoms with E-state index in [0.717, 1.165) is 12.0 Å². The van der Waals surface area contributed by atoms with Crippen molar-refractivity contribution in [3.05, 3.63) is 20.8 Å². The highest BCUT2D eigenvalue weighted by Gasteiger charge is 2.30. The highest BCUT2D eigenvalue weighted by molar-refractivity contribution is 7.13. The Bertz CT molecular complexity index is 486. The predicted molar refractivity (Wildman–Crippen MR) is 70.3 cm³/mol. The van der Waals surface area contributed by atoms with Crippen molar-refractivity contribution < 1.29 is 14.7 Å².